The van der Waals surface area contributed by atoms with Crippen molar-refractivity contribution >= 4 is 45.7 Å². The van der Waals surface area contributed by atoms with E-state index in [1.807, 2.05) is 11.4 Å². The molecule has 4 nitrogen and oxygen atoms in total. The number of nitrogens with zero attached hydrogens (tertiary/aromatic N) is 1. The van der Waals surface area contributed by atoms with Crippen molar-refractivity contribution in [2.45, 2.75) is 6.42 Å². The molecule has 1 aromatic rings. The Balaban J connectivity index is 2.06. The predicted octanol–water partition coefficient (Wildman–Crippen LogP) is 1.31. The van der Waals surface area contributed by atoms with E-state index in [4.69, 9.17) is 0 Å². The summed E-state index contributed by atoms with van der Waals surface area (Å²) in [5, 5.41) is 4.62. The quantitative estimate of drug-likeness (QED) is 0.777. The summed E-state index contributed by atoms with van der Waals surface area (Å²) in [5.41, 5.74) is 0.726. The molecule has 0 aliphatic carbocycles. The molecule has 1 fully saturated rings. The molecule has 0 unspecified atom stereocenters. The van der Waals surface area contributed by atoms with Crippen molar-refractivity contribution in [3.05, 3.63) is 19.9 Å². The lowest BCUT2D eigenvalue weighted by Gasteiger charge is -2.18. The third-order valence-electron chi connectivity index (χ3n) is 2.41. The van der Waals surface area contributed by atoms with Gasteiger partial charge in [-0.15, -0.1) is 11.3 Å². The average molecular weight is 350 g/mol. The first-order valence-electron chi connectivity index (χ1n) is 4.97. The summed E-state index contributed by atoms with van der Waals surface area (Å²) >= 11 is 3.76. The van der Waals surface area contributed by atoms with Gasteiger partial charge >= 0.3 is 0 Å². The fourth-order valence-corrected chi connectivity index (χ4v) is 2.90. The van der Waals surface area contributed by atoms with Crippen molar-refractivity contribution in [3.63, 3.8) is 0 Å². The summed E-state index contributed by atoms with van der Waals surface area (Å²) in [6.45, 7) is 1.65. The van der Waals surface area contributed by atoms with Gasteiger partial charge in [-0.05, 0) is 28.7 Å². The lowest BCUT2D eigenvalue weighted by atomic mass is 10.3. The first-order valence-corrected chi connectivity index (χ1v) is 6.92. The number of nitrogens with one attached hydrogen (secondary N) is 1. The van der Waals surface area contributed by atoms with Crippen LogP contribution in [0.3, 0.4) is 0 Å². The normalized spacial score (nSPS) is 16.8. The minimum absolute atomic E-state index is 0.0233. The molecule has 0 atom stereocenters. The molecule has 86 valence electrons. The fourth-order valence-electron chi connectivity index (χ4n) is 1.57. The number of amides is 2. The van der Waals surface area contributed by atoms with Crippen molar-refractivity contribution in [2.75, 3.05) is 19.6 Å². The van der Waals surface area contributed by atoms with Gasteiger partial charge in [0.25, 0.3) is 5.91 Å². The maximum absolute atomic E-state index is 12.1. The van der Waals surface area contributed by atoms with E-state index >= 15 is 0 Å². The molecule has 1 N–H and O–H groups in total. The predicted molar refractivity (Wildman–Crippen MR) is 70.6 cm³/mol. The highest BCUT2D eigenvalue weighted by atomic mass is 127. The van der Waals surface area contributed by atoms with E-state index in [1.165, 1.54) is 0 Å². The summed E-state index contributed by atoms with van der Waals surface area (Å²) in [5.74, 6) is 0.0471. The lowest BCUT2D eigenvalue weighted by molar-refractivity contribution is -0.120. The Hall–Kier alpha value is -0.630. The Labute approximate surface area is 111 Å². The highest BCUT2D eigenvalue weighted by Crippen LogP contribution is 2.18. The second-order valence-corrected chi connectivity index (χ2v) is 6.34. The number of thiophene rings is 1. The van der Waals surface area contributed by atoms with Crippen molar-refractivity contribution in [1.82, 2.24) is 10.2 Å². The summed E-state index contributed by atoms with van der Waals surface area (Å²) in [4.78, 5) is 24.9. The SMILES string of the molecule is O=C1CCN(C(=O)c2csc(I)c2)CCN1. The molecular formula is C10H11IN2O2S. The standard InChI is InChI=1S/C10H11IN2O2S/c11-8-5-7(6-16-8)10(15)13-3-1-9(14)12-2-4-13/h5-6H,1-4H2,(H,12,14). The van der Waals surface area contributed by atoms with E-state index in [-0.39, 0.29) is 11.8 Å². The van der Waals surface area contributed by atoms with E-state index in [2.05, 4.69) is 27.9 Å². The van der Waals surface area contributed by atoms with Crippen molar-refractivity contribution < 1.29 is 9.59 Å². The zero-order valence-corrected chi connectivity index (χ0v) is 11.5. The van der Waals surface area contributed by atoms with Crippen LogP contribution < -0.4 is 5.32 Å². The fraction of sp³-hybridized carbons (Fsp3) is 0.400. The van der Waals surface area contributed by atoms with Crippen LogP contribution in [0, 0.1) is 2.88 Å². The van der Waals surface area contributed by atoms with Crippen molar-refractivity contribution in [2.24, 2.45) is 0 Å². The Bertz CT molecular complexity index is 419. The van der Waals surface area contributed by atoms with Gasteiger partial charge in [0.2, 0.25) is 5.91 Å². The Morgan fingerprint density at radius 1 is 1.50 bits per heavy atom. The molecule has 2 amide bonds. The lowest BCUT2D eigenvalue weighted by Crippen LogP contribution is -2.33. The van der Waals surface area contributed by atoms with Crippen LogP contribution in [0.1, 0.15) is 16.8 Å². The third-order valence-corrected chi connectivity index (χ3v) is 4.20. The Morgan fingerprint density at radius 3 is 3.00 bits per heavy atom. The molecule has 1 aromatic heterocycles. The molecule has 0 aromatic carbocycles. The molecule has 0 radical (unpaired) electrons. The van der Waals surface area contributed by atoms with E-state index < -0.39 is 0 Å². The molecule has 0 spiro atoms. The number of hydrogen-bond acceptors (Lipinski definition) is 3. The monoisotopic (exact) mass is 350 g/mol. The smallest absolute Gasteiger partial charge is 0.254 e. The van der Waals surface area contributed by atoms with Gasteiger partial charge in [-0.1, -0.05) is 0 Å². The Morgan fingerprint density at radius 2 is 2.31 bits per heavy atom. The van der Waals surface area contributed by atoms with Crippen molar-refractivity contribution in [3.8, 4) is 0 Å². The van der Waals surface area contributed by atoms with Gasteiger partial charge in [-0.2, -0.15) is 0 Å². The second kappa shape index (κ2) is 5.13. The maximum atomic E-state index is 12.1. The second-order valence-electron chi connectivity index (χ2n) is 3.53. The minimum atomic E-state index is 0.0233. The van der Waals surface area contributed by atoms with Gasteiger partial charge in [0.15, 0.2) is 0 Å². The van der Waals surface area contributed by atoms with Gasteiger partial charge in [0.05, 0.1) is 8.45 Å². The van der Waals surface area contributed by atoms with Gasteiger partial charge in [0.1, 0.15) is 0 Å². The summed E-state index contributed by atoms with van der Waals surface area (Å²) < 4.78 is 1.10. The number of halogens is 1. The highest BCUT2D eigenvalue weighted by molar-refractivity contribution is 14.1. The average Bonchev–Trinajstić information content (AvgIpc) is 2.57. The van der Waals surface area contributed by atoms with E-state index in [1.54, 1.807) is 16.2 Å². The van der Waals surface area contributed by atoms with Crippen LogP contribution >= 0.6 is 33.9 Å². The van der Waals surface area contributed by atoms with Crippen LogP contribution in [0.4, 0.5) is 0 Å². The Kier molecular flexibility index (Phi) is 3.80. The van der Waals surface area contributed by atoms with Crippen molar-refractivity contribution in [1.29, 1.82) is 0 Å². The first kappa shape index (κ1) is 11.8. The van der Waals surface area contributed by atoms with Gasteiger partial charge < -0.3 is 10.2 Å². The molecule has 0 bridgehead atoms. The topological polar surface area (TPSA) is 49.4 Å². The summed E-state index contributed by atoms with van der Waals surface area (Å²) in [6.07, 6.45) is 0.396. The molecule has 16 heavy (non-hydrogen) atoms. The molecule has 6 heteroatoms. The molecule has 1 aliphatic rings. The zero-order chi connectivity index (χ0) is 11.5. The van der Waals surface area contributed by atoms with E-state index in [9.17, 15) is 9.59 Å². The summed E-state index contributed by atoms with van der Waals surface area (Å²) in [6, 6.07) is 1.88. The zero-order valence-electron chi connectivity index (χ0n) is 8.53. The number of rotatable bonds is 1. The molecule has 1 saturated heterocycles. The third kappa shape index (κ3) is 2.73. The molecular weight excluding hydrogens is 339 g/mol. The number of hydrogen-bond donors (Lipinski definition) is 1. The minimum Gasteiger partial charge on any atom is -0.354 e. The van der Waals surface area contributed by atoms with Gasteiger partial charge in [0, 0.05) is 31.4 Å². The molecule has 1 aliphatic heterocycles. The van der Waals surface area contributed by atoms with Gasteiger partial charge in [-0.25, -0.2) is 0 Å². The first-order chi connectivity index (χ1) is 7.66. The number of carbonyl (C=O) groups is 2. The van der Waals surface area contributed by atoms with E-state index in [0.717, 1.165) is 8.45 Å². The van der Waals surface area contributed by atoms with Crippen LogP contribution in [0.15, 0.2) is 11.4 Å². The van der Waals surface area contributed by atoms with Gasteiger partial charge in [-0.3, -0.25) is 9.59 Å². The van der Waals surface area contributed by atoms with Crippen LogP contribution in [0.25, 0.3) is 0 Å². The van der Waals surface area contributed by atoms with Crippen LogP contribution in [-0.4, -0.2) is 36.3 Å². The van der Waals surface area contributed by atoms with Crippen LogP contribution in [0.2, 0.25) is 0 Å². The van der Waals surface area contributed by atoms with E-state index in [0.29, 0.717) is 26.1 Å². The summed E-state index contributed by atoms with van der Waals surface area (Å²) in [7, 11) is 0. The van der Waals surface area contributed by atoms with Crippen LogP contribution in [-0.2, 0) is 4.79 Å². The molecule has 0 saturated carbocycles. The largest absolute Gasteiger partial charge is 0.354 e. The van der Waals surface area contributed by atoms with Crippen LogP contribution in [0.5, 0.6) is 0 Å². The highest BCUT2D eigenvalue weighted by Gasteiger charge is 2.20. The molecule has 2 heterocycles. The molecule has 2 rings (SSSR count). The maximum Gasteiger partial charge on any atom is 0.254 e. The number of carbonyl (C=O) groups excluding carboxylic acids is 2.